The van der Waals surface area contributed by atoms with Gasteiger partial charge in [0.2, 0.25) is 5.95 Å². The van der Waals surface area contributed by atoms with Gasteiger partial charge in [0.1, 0.15) is 11.5 Å². The van der Waals surface area contributed by atoms with Gasteiger partial charge in [-0.3, -0.25) is 0 Å². The molecule has 22 heavy (non-hydrogen) atoms. The molecule has 110 valence electrons. The van der Waals surface area contributed by atoms with Crippen molar-refractivity contribution in [2.75, 3.05) is 5.32 Å². The minimum Gasteiger partial charge on any atom is -0.508 e. The Morgan fingerprint density at radius 1 is 0.818 bits per heavy atom. The highest BCUT2D eigenvalue weighted by Crippen LogP contribution is 2.23. The van der Waals surface area contributed by atoms with Gasteiger partial charge in [0.05, 0.1) is 5.69 Å². The van der Waals surface area contributed by atoms with E-state index in [9.17, 15) is 10.2 Å². The molecule has 2 aromatic carbocycles. The van der Waals surface area contributed by atoms with E-state index in [1.165, 1.54) is 0 Å². The van der Waals surface area contributed by atoms with Crippen LogP contribution >= 0.6 is 0 Å². The van der Waals surface area contributed by atoms with E-state index in [0.717, 1.165) is 22.6 Å². The first-order chi connectivity index (χ1) is 10.6. The van der Waals surface area contributed by atoms with Crippen LogP contribution in [0.1, 0.15) is 5.69 Å². The normalized spacial score (nSPS) is 10.4. The van der Waals surface area contributed by atoms with E-state index in [2.05, 4.69) is 15.3 Å². The smallest absolute Gasteiger partial charge is 0.227 e. The van der Waals surface area contributed by atoms with Gasteiger partial charge in [-0.1, -0.05) is 0 Å². The molecule has 0 aliphatic carbocycles. The molecule has 0 atom stereocenters. The summed E-state index contributed by atoms with van der Waals surface area (Å²) >= 11 is 0. The number of aromatic hydroxyl groups is 2. The molecule has 3 N–H and O–H groups in total. The minimum atomic E-state index is 0.209. The van der Waals surface area contributed by atoms with Crippen LogP contribution in [0.15, 0.2) is 54.6 Å². The van der Waals surface area contributed by atoms with Gasteiger partial charge in [0.15, 0.2) is 0 Å². The predicted octanol–water partition coefficient (Wildman–Crippen LogP) is 3.61. The highest BCUT2D eigenvalue weighted by molar-refractivity contribution is 5.63. The zero-order valence-electron chi connectivity index (χ0n) is 12.0. The van der Waals surface area contributed by atoms with Crippen molar-refractivity contribution < 1.29 is 10.2 Å². The monoisotopic (exact) mass is 293 g/mol. The van der Waals surface area contributed by atoms with Crippen LogP contribution in [0.2, 0.25) is 0 Å². The maximum Gasteiger partial charge on any atom is 0.227 e. The van der Waals surface area contributed by atoms with Crippen LogP contribution in [0.5, 0.6) is 11.5 Å². The molecule has 0 spiro atoms. The summed E-state index contributed by atoms with van der Waals surface area (Å²) in [5.74, 6) is 0.909. The Morgan fingerprint density at radius 2 is 1.41 bits per heavy atom. The Labute approximate surface area is 127 Å². The number of anilines is 2. The van der Waals surface area contributed by atoms with Crippen molar-refractivity contribution in [1.82, 2.24) is 9.97 Å². The van der Waals surface area contributed by atoms with E-state index in [1.54, 1.807) is 48.5 Å². The first kappa shape index (κ1) is 13.9. The summed E-state index contributed by atoms with van der Waals surface area (Å²) in [4.78, 5) is 8.85. The zero-order valence-corrected chi connectivity index (χ0v) is 12.0. The lowest BCUT2D eigenvalue weighted by Crippen LogP contribution is -1.99. The van der Waals surface area contributed by atoms with Crippen LogP contribution in [0.3, 0.4) is 0 Å². The molecule has 3 aromatic rings. The van der Waals surface area contributed by atoms with E-state index in [-0.39, 0.29) is 11.5 Å². The van der Waals surface area contributed by atoms with Gasteiger partial charge in [-0.15, -0.1) is 0 Å². The predicted molar refractivity (Wildman–Crippen MR) is 85.3 cm³/mol. The molecule has 0 aliphatic heterocycles. The Kier molecular flexibility index (Phi) is 3.62. The van der Waals surface area contributed by atoms with Gasteiger partial charge in [0.25, 0.3) is 0 Å². The van der Waals surface area contributed by atoms with Crippen LogP contribution < -0.4 is 5.32 Å². The summed E-state index contributed by atoms with van der Waals surface area (Å²) in [5.41, 5.74) is 3.30. The number of nitrogens with one attached hydrogen (secondary N) is 1. The van der Waals surface area contributed by atoms with Crippen molar-refractivity contribution in [2.45, 2.75) is 6.92 Å². The number of benzene rings is 2. The average Bonchev–Trinajstić information content (AvgIpc) is 2.50. The molecule has 0 bridgehead atoms. The van der Waals surface area contributed by atoms with Crippen LogP contribution in [0.4, 0.5) is 11.6 Å². The third-order valence-electron chi connectivity index (χ3n) is 3.14. The summed E-state index contributed by atoms with van der Waals surface area (Å²) in [6, 6.07) is 15.4. The molecule has 0 amide bonds. The van der Waals surface area contributed by atoms with Crippen LogP contribution in [0.25, 0.3) is 11.3 Å². The van der Waals surface area contributed by atoms with Gasteiger partial charge >= 0.3 is 0 Å². The molecule has 0 saturated heterocycles. The fourth-order valence-electron chi connectivity index (χ4n) is 2.08. The molecular weight excluding hydrogens is 278 g/mol. The number of phenols is 2. The fraction of sp³-hybridized carbons (Fsp3) is 0.0588. The maximum atomic E-state index is 9.36. The van der Waals surface area contributed by atoms with E-state index in [1.807, 2.05) is 13.0 Å². The summed E-state index contributed by atoms with van der Waals surface area (Å²) in [6.45, 7) is 1.90. The fourth-order valence-corrected chi connectivity index (χ4v) is 2.08. The molecule has 1 heterocycles. The molecule has 0 aliphatic rings. The number of aromatic nitrogens is 2. The number of rotatable bonds is 3. The second-order valence-electron chi connectivity index (χ2n) is 4.94. The van der Waals surface area contributed by atoms with Crippen molar-refractivity contribution in [2.24, 2.45) is 0 Å². The van der Waals surface area contributed by atoms with Crippen molar-refractivity contribution >= 4 is 11.6 Å². The second-order valence-corrected chi connectivity index (χ2v) is 4.94. The molecule has 5 nitrogen and oxygen atoms in total. The number of aryl methyl sites for hydroxylation is 1. The zero-order chi connectivity index (χ0) is 15.5. The lowest BCUT2D eigenvalue weighted by atomic mass is 10.1. The Hall–Kier alpha value is -3.08. The van der Waals surface area contributed by atoms with Gasteiger partial charge in [-0.25, -0.2) is 9.97 Å². The standard InChI is InChI=1S/C17H15N3O2/c1-11-10-16(12-2-6-14(21)7-3-12)20-17(18-11)19-13-4-8-15(22)9-5-13/h2-10,21-22H,1H3,(H,18,19,20). The molecule has 0 saturated carbocycles. The van der Waals surface area contributed by atoms with Crippen molar-refractivity contribution in [3.63, 3.8) is 0 Å². The van der Waals surface area contributed by atoms with Crippen LogP contribution in [0, 0.1) is 6.92 Å². The van der Waals surface area contributed by atoms with Gasteiger partial charge in [-0.2, -0.15) is 0 Å². The van der Waals surface area contributed by atoms with E-state index in [4.69, 9.17) is 0 Å². The topological polar surface area (TPSA) is 78.3 Å². The van der Waals surface area contributed by atoms with Gasteiger partial charge < -0.3 is 15.5 Å². The highest BCUT2D eigenvalue weighted by atomic mass is 16.3. The molecule has 3 rings (SSSR count). The number of phenolic OH excluding ortho intramolecular Hbond substituents is 2. The first-order valence-electron chi connectivity index (χ1n) is 6.81. The van der Waals surface area contributed by atoms with Crippen molar-refractivity contribution in [3.05, 3.63) is 60.3 Å². The highest BCUT2D eigenvalue weighted by Gasteiger charge is 2.05. The maximum absolute atomic E-state index is 9.36. The van der Waals surface area contributed by atoms with Crippen molar-refractivity contribution in [3.8, 4) is 22.8 Å². The number of hydrogen-bond acceptors (Lipinski definition) is 5. The molecule has 0 unspecified atom stereocenters. The first-order valence-corrected chi connectivity index (χ1v) is 6.81. The SMILES string of the molecule is Cc1cc(-c2ccc(O)cc2)nc(Nc2ccc(O)cc2)n1. The molecule has 0 fully saturated rings. The summed E-state index contributed by atoms with van der Waals surface area (Å²) in [7, 11) is 0. The van der Waals surface area contributed by atoms with E-state index < -0.39 is 0 Å². The third-order valence-corrected chi connectivity index (χ3v) is 3.14. The molecule has 5 heteroatoms. The Bertz CT molecular complexity index is 784. The third kappa shape index (κ3) is 3.15. The summed E-state index contributed by atoms with van der Waals surface area (Å²) < 4.78 is 0. The summed E-state index contributed by atoms with van der Waals surface area (Å²) in [6.07, 6.45) is 0. The van der Waals surface area contributed by atoms with E-state index >= 15 is 0 Å². The second kappa shape index (κ2) is 5.73. The van der Waals surface area contributed by atoms with E-state index in [0.29, 0.717) is 5.95 Å². The largest absolute Gasteiger partial charge is 0.508 e. The molecule has 1 aromatic heterocycles. The lowest BCUT2D eigenvalue weighted by molar-refractivity contribution is 0.475. The van der Waals surface area contributed by atoms with Gasteiger partial charge in [0, 0.05) is 16.9 Å². The Morgan fingerprint density at radius 3 is 2.05 bits per heavy atom. The average molecular weight is 293 g/mol. The molecular formula is C17H15N3O2. The van der Waals surface area contributed by atoms with Crippen LogP contribution in [-0.4, -0.2) is 20.2 Å². The Balaban J connectivity index is 1.92. The van der Waals surface area contributed by atoms with Crippen molar-refractivity contribution in [1.29, 1.82) is 0 Å². The minimum absolute atomic E-state index is 0.209. The van der Waals surface area contributed by atoms with Crippen LogP contribution in [-0.2, 0) is 0 Å². The quantitative estimate of drug-likeness (QED) is 0.643. The van der Waals surface area contributed by atoms with Gasteiger partial charge in [-0.05, 0) is 61.5 Å². The molecule has 0 radical (unpaired) electrons. The number of nitrogens with zero attached hydrogens (tertiary/aromatic N) is 2. The summed E-state index contributed by atoms with van der Waals surface area (Å²) in [5, 5.41) is 21.8. The lowest BCUT2D eigenvalue weighted by Gasteiger charge is -2.08. The number of hydrogen-bond donors (Lipinski definition) is 3.